The van der Waals surface area contributed by atoms with Gasteiger partial charge in [0.15, 0.2) is 0 Å². The van der Waals surface area contributed by atoms with E-state index in [4.69, 9.17) is 0 Å². The molecule has 0 amide bonds. The van der Waals surface area contributed by atoms with Gasteiger partial charge in [0.25, 0.3) is 0 Å². The van der Waals surface area contributed by atoms with Gasteiger partial charge < -0.3 is 15.1 Å². The van der Waals surface area contributed by atoms with E-state index in [1.54, 1.807) is 30.3 Å². The lowest BCUT2D eigenvalue weighted by molar-refractivity contribution is -0.0367. The van der Waals surface area contributed by atoms with Gasteiger partial charge in [-0.15, -0.1) is 0 Å². The van der Waals surface area contributed by atoms with E-state index in [2.05, 4.69) is 4.90 Å². The van der Waals surface area contributed by atoms with Gasteiger partial charge in [0.1, 0.15) is 5.82 Å². The molecule has 2 aliphatic heterocycles. The molecule has 0 saturated carbocycles. The number of likely N-dealkylation sites (tertiary alicyclic amines) is 1. The Morgan fingerprint density at radius 1 is 1.13 bits per heavy atom. The molecule has 8 heteroatoms. The van der Waals surface area contributed by atoms with E-state index < -0.39 is 27.5 Å². The maximum Gasteiger partial charge on any atom is 0.232 e. The minimum Gasteiger partial charge on any atom is -0.387 e. The summed E-state index contributed by atoms with van der Waals surface area (Å²) in [5, 5.41) is 21.6. The van der Waals surface area contributed by atoms with Crippen LogP contribution in [0.1, 0.15) is 35.6 Å². The zero-order valence-corrected chi connectivity index (χ0v) is 17.8. The maximum atomic E-state index is 14.1. The fourth-order valence-electron chi connectivity index (χ4n) is 4.51. The van der Waals surface area contributed by atoms with Crippen LogP contribution < -0.4 is 4.31 Å². The van der Waals surface area contributed by atoms with Crippen molar-refractivity contribution < 1.29 is 23.0 Å². The van der Waals surface area contributed by atoms with Crippen molar-refractivity contribution in [3.05, 3.63) is 65.0 Å². The van der Waals surface area contributed by atoms with Crippen LogP contribution in [-0.4, -0.2) is 56.0 Å². The van der Waals surface area contributed by atoms with Gasteiger partial charge in [-0.3, -0.25) is 4.31 Å². The van der Waals surface area contributed by atoms with E-state index in [1.807, 2.05) is 6.07 Å². The van der Waals surface area contributed by atoms with Gasteiger partial charge in [-0.25, -0.2) is 12.8 Å². The molecule has 2 aromatic rings. The highest BCUT2D eigenvalue weighted by atomic mass is 32.2. The molecule has 0 spiro atoms. The third-order valence-corrected chi connectivity index (χ3v) is 7.41. The number of hydrogen-bond acceptors (Lipinski definition) is 5. The molecule has 0 aliphatic carbocycles. The zero-order chi connectivity index (χ0) is 21.5. The molecule has 1 atom stereocenters. The van der Waals surface area contributed by atoms with Crippen LogP contribution in [0.5, 0.6) is 0 Å². The molecule has 2 aliphatic rings. The monoisotopic (exact) mass is 434 g/mol. The number of fused-ring (bicyclic) bond motifs is 1. The average molecular weight is 435 g/mol. The Morgan fingerprint density at radius 3 is 2.50 bits per heavy atom. The topological polar surface area (TPSA) is 81.1 Å². The number of anilines is 1. The molecule has 1 unspecified atom stereocenters. The normalized spacial score (nSPS) is 20.2. The number of halogens is 1. The predicted octanol–water partition coefficient (Wildman–Crippen LogP) is 2.16. The van der Waals surface area contributed by atoms with Crippen molar-refractivity contribution in [1.29, 1.82) is 0 Å². The molecule has 6 nitrogen and oxygen atoms in total. The minimum atomic E-state index is -3.30. The van der Waals surface area contributed by atoms with Crippen LogP contribution in [0.25, 0.3) is 0 Å². The molecular formula is C22H27FN2O4S. The lowest BCUT2D eigenvalue weighted by Gasteiger charge is -2.39. The lowest BCUT2D eigenvalue weighted by Crippen LogP contribution is -2.44. The molecular weight excluding hydrogens is 407 g/mol. The second kappa shape index (κ2) is 7.92. The summed E-state index contributed by atoms with van der Waals surface area (Å²) in [4.78, 5) is 2.07. The van der Waals surface area contributed by atoms with Gasteiger partial charge in [-0.2, -0.15) is 0 Å². The highest BCUT2D eigenvalue weighted by Gasteiger charge is 2.36. The Morgan fingerprint density at radius 2 is 1.83 bits per heavy atom. The Balaban J connectivity index is 1.40. The van der Waals surface area contributed by atoms with Gasteiger partial charge in [0, 0.05) is 31.7 Å². The molecule has 0 aromatic heterocycles. The van der Waals surface area contributed by atoms with Crippen molar-refractivity contribution in [2.45, 2.75) is 31.0 Å². The third-order valence-electron chi connectivity index (χ3n) is 6.23. The smallest absolute Gasteiger partial charge is 0.232 e. The summed E-state index contributed by atoms with van der Waals surface area (Å²) in [7, 11) is -3.30. The minimum absolute atomic E-state index is 0.333. The van der Waals surface area contributed by atoms with Gasteiger partial charge in [0.05, 0.1) is 23.6 Å². The van der Waals surface area contributed by atoms with E-state index in [0.717, 1.165) is 11.1 Å². The van der Waals surface area contributed by atoms with Gasteiger partial charge in [0.2, 0.25) is 10.0 Å². The lowest BCUT2D eigenvalue weighted by atomic mass is 9.84. The molecule has 2 aromatic carbocycles. The van der Waals surface area contributed by atoms with Crippen LogP contribution in [0.15, 0.2) is 42.5 Å². The molecule has 1 saturated heterocycles. The summed E-state index contributed by atoms with van der Waals surface area (Å²) >= 11 is 0. The molecule has 162 valence electrons. The first-order valence-corrected chi connectivity index (χ1v) is 12.0. The van der Waals surface area contributed by atoms with Crippen molar-refractivity contribution in [3.8, 4) is 0 Å². The van der Waals surface area contributed by atoms with E-state index in [1.165, 1.54) is 16.6 Å². The van der Waals surface area contributed by atoms with E-state index in [-0.39, 0.29) is 0 Å². The number of nitrogens with zero attached hydrogens (tertiary/aromatic N) is 2. The highest BCUT2D eigenvalue weighted by Crippen LogP contribution is 2.36. The maximum absolute atomic E-state index is 14.1. The standard InChI is InChI=1S/C22H27FN2O4S/c1-30(28,29)25-11-8-16-14-17(6-7-20(16)25)21(26)15-24-12-9-22(27,10-13-24)18-4-2-3-5-19(18)23/h2-7,14,21,26-27H,8-13,15H2,1H3. The van der Waals surface area contributed by atoms with Crippen LogP contribution in [0.4, 0.5) is 10.1 Å². The summed E-state index contributed by atoms with van der Waals surface area (Å²) in [5.41, 5.74) is 1.50. The van der Waals surface area contributed by atoms with Gasteiger partial charge >= 0.3 is 0 Å². The number of hydrogen-bond donors (Lipinski definition) is 2. The number of benzene rings is 2. The Bertz CT molecular complexity index is 1040. The van der Waals surface area contributed by atoms with Gasteiger partial charge in [-0.05, 0) is 42.5 Å². The molecule has 0 radical (unpaired) electrons. The Labute approximate surface area is 176 Å². The third kappa shape index (κ3) is 4.09. The molecule has 2 N–H and O–H groups in total. The first-order chi connectivity index (χ1) is 14.2. The summed E-state index contributed by atoms with van der Waals surface area (Å²) in [6.45, 7) is 1.93. The molecule has 2 heterocycles. The van der Waals surface area contributed by atoms with Crippen LogP contribution in [0.3, 0.4) is 0 Å². The first kappa shape index (κ1) is 21.2. The number of aliphatic hydroxyl groups is 2. The van der Waals surface area contributed by atoms with Crippen LogP contribution >= 0.6 is 0 Å². The summed E-state index contributed by atoms with van der Waals surface area (Å²) in [6.07, 6.45) is 1.90. The fourth-order valence-corrected chi connectivity index (χ4v) is 5.46. The second-order valence-electron chi connectivity index (χ2n) is 8.30. The Hall–Kier alpha value is -2.00. The number of aliphatic hydroxyl groups excluding tert-OH is 1. The predicted molar refractivity (Wildman–Crippen MR) is 113 cm³/mol. The molecule has 1 fully saturated rings. The van der Waals surface area contributed by atoms with Crippen molar-refractivity contribution in [2.75, 3.05) is 36.7 Å². The van der Waals surface area contributed by atoms with Gasteiger partial charge in [-0.1, -0.05) is 30.3 Å². The summed E-state index contributed by atoms with van der Waals surface area (Å²) in [5.74, 6) is -0.394. The fraction of sp³-hybridized carbons (Fsp3) is 0.455. The molecule has 4 rings (SSSR count). The number of β-amino-alcohol motifs (C(OH)–C–C–N with tert-alkyl or cyclic N) is 1. The van der Waals surface area contributed by atoms with Crippen molar-refractivity contribution in [3.63, 3.8) is 0 Å². The van der Waals surface area contributed by atoms with Crippen molar-refractivity contribution >= 4 is 15.7 Å². The second-order valence-corrected chi connectivity index (χ2v) is 10.2. The number of piperidine rings is 1. The SMILES string of the molecule is CS(=O)(=O)N1CCc2cc(C(O)CN3CCC(O)(c4ccccc4F)CC3)ccc21. The molecule has 0 bridgehead atoms. The summed E-state index contributed by atoms with van der Waals surface area (Å²) < 4.78 is 39.3. The largest absolute Gasteiger partial charge is 0.387 e. The molecule has 30 heavy (non-hydrogen) atoms. The Kier molecular flexibility index (Phi) is 5.61. The highest BCUT2D eigenvalue weighted by molar-refractivity contribution is 7.92. The first-order valence-electron chi connectivity index (χ1n) is 10.2. The van der Waals surface area contributed by atoms with Crippen LogP contribution in [-0.2, 0) is 22.0 Å². The van der Waals surface area contributed by atoms with E-state index in [9.17, 15) is 23.0 Å². The van der Waals surface area contributed by atoms with Crippen LogP contribution in [0.2, 0.25) is 0 Å². The average Bonchev–Trinajstić information content (AvgIpc) is 3.14. The van der Waals surface area contributed by atoms with Crippen LogP contribution in [0, 0.1) is 5.82 Å². The summed E-state index contributed by atoms with van der Waals surface area (Å²) in [6, 6.07) is 11.7. The van der Waals surface area contributed by atoms with Crippen molar-refractivity contribution in [2.24, 2.45) is 0 Å². The number of rotatable bonds is 5. The zero-order valence-electron chi connectivity index (χ0n) is 17.0. The quantitative estimate of drug-likeness (QED) is 0.754. The van der Waals surface area contributed by atoms with E-state index in [0.29, 0.717) is 56.7 Å². The number of sulfonamides is 1. The van der Waals surface area contributed by atoms with Crippen molar-refractivity contribution in [1.82, 2.24) is 4.90 Å². The van der Waals surface area contributed by atoms with E-state index >= 15 is 0 Å².